The van der Waals surface area contributed by atoms with Gasteiger partial charge in [-0.1, -0.05) is 40.9 Å². The molecule has 2 aromatic heterocycles. The summed E-state index contributed by atoms with van der Waals surface area (Å²) in [6.07, 6.45) is 3.62. The molecule has 26 heavy (non-hydrogen) atoms. The molecule has 0 bridgehead atoms. The molecule has 3 heterocycles. The Morgan fingerprint density at radius 2 is 1.88 bits per heavy atom. The van der Waals surface area contributed by atoms with Gasteiger partial charge in [-0.25, -0.2) is 4.98 Å². The van der Waals surface area contributed by atoms with Crippen LogP contribution in [-0.2, 0) is 4.74 Å². The van der Waals surface area contributed by atoms with E-state index in [9.17, 15) is 5.26 Å². The fourth-order valence-corrected chi connectivity index (χ4v) is 3.91. The Hall–Kier alpha value is -1.97. The standard InChI is InChI=1S/C18H13Cl3N4O/c19-11-1-2-12(15(20)7-11)14-10-25-16(24-3-5-26-6-4-24)9-23-18(25)17(21)13(14)8-22/h1-2,7,9-10H,3-6H2. The van der Waals surface area contributed by atoms with Gasteiger partial charge in [-0.05, 0) is 12.1 Å². The van der Waals surface area contributed by atoms with Gasteiger partial charge in [0.1, 0.15) is 16.9 Å². The van der Waals surface area contributed by atoms with E-state index < -0.39 is 0 Å². The van der Waals surface area contributed by atoms with Gasteiger partial charge in [0.25, 0.3) is 0 Å². The highest BCUT2D eigenvalue weighted by molar-refractivity contribution is 6.37. The van der Waals surface area contributed by atoms with E-state index in [1.54, 1.807) is 24.4 Å². The molecule has 5 nitrogen and oxygen atoms in total. The van der Waals surface area contributed by atoms with E-state index in [1.165, 1.54) is 0 Å². The number of rotatable bonds is 2. The normalized spacial score (nSPS) is 14.6. The van der Waals surface area contributed by atoms with Crippen LogP contribution in [0.5, 0.6) is 0 Å². The van der Waals surface area contributed by atoms with Crippen LogP contribution in [0.3, 0.4) is 0 Å². The van der Waals surface area contributed by atoms with Crippen LogP contribution in [0.2, 0.25) is 15.1 Å². The first-order valence-corrected chi connectivity index (χ1v) is 9.11. The van der Waals surface area contributed by atoms with Gasteiger partial charge in [-0.15, -0.1) is 0 Å². The van der Waals surface area contributed by atoms with Gasteiger partial charge < -0.3 is 9.64 Å². The van der Waals surface area contributed by atoms with Crippen molar-refractivity contribution < 1.29 is 4.74 Å². The van der Waals surface area contributed by atoms with E-state index in [4.69, 9.17) is 39.5 Å². The number of aromatic nitrogens is 2. The monoisotopic (exact) mass is 406 g/mol. The molecule has 3 aromatic rings. The first kappa shape index (κ1) is 17.4. The van der Waals surface area contributed by atoms with E-state index in [0.717, 1.165) is 18.9 Å². The summed E-state index contributed by atoms with van der Waals surface area (Å²) in [6, 6.07) is 7.34. The second-order valence-electron chi connectivity index (χ2n) is 5.88. The maximum atomic E-state index is 9.65. The molecule has 1 aliphatic heterocycles. The summed E-state index contributed by atoms with van der Waals surface area (Å²) in [7, 11) is 0. The average molecular weight is 408 g/mol. The van der Waals surface area contributed by atoms with Gasteiger partial charge in [0.15, 0.2) is 5.65 Å². The van der Waals surface area contributed by atoms with Crippen molar-refractivity contribution in [1.29, 1.82) is 5.26 Å². The lowest BCUT2D eigenvalue weighted by Gasteiger charge is -2.28. The number of benzene rings is 1. The molecule has 1 fully saturated rings. The third-order valence-corrected chi connectivity index (χ3v) is 5.29. The van der Waals surface area contributed by atoms with Crippen LogP contribution in [-0.4, -0.2) is 35.7 Å². The summed E-state index contributed by atoms with van der Waals surface area (Å²) in [5.74, 6) is 0.904. The number of morpholine rings is 1. The van der Waals surface area contributed by atoms with Crippen molar-refractivity contribution >= 4 is 46.3 Å². The van der Waals surface area contributed by atoms with Gasteiger partial charge in [-0.2, -0.15) is 5.26 Å². The highest BCUT2D eigenvalue weighted by Gasteiger charge is 2.21. The number of fused-ring (bicyclic) bond motifs is 1. The maximum Gasteiger partial charge on any atom is 0.158 e. The van der Waals surface area contributed by atoms with Gasteiger partial charge >= 0.3 is 0 Å². The Labute approximate surface area is 165 Å². The van der Waals surface area contributed by atoms with Crippen LogP contribution in [0.1, 0.15) is 5.56 Å². The van der Waals surface area contributed by atoms with Crippen LogP contribution in [0.4, 0.5) is 5.82 Å². The number of pyridine rings is 1. The van der Waals surface area contributed by atoms with Gasteiger partial charge in [0.05, 0.1) is 25.0 Å². The lowest BCUT2D eigenvalue weighted by Crippen LogP contribution is -2.36. The minimum Gasteiger partial charge on any atom is -0.378 e. The Kier molecular flexibility index (Phi) is 4.68. The van der Waals surface area contributed by atoms with Crippen molar-refractivity contribution in [2.24, 2.45) is 0 Å². The zero-order valence-corrected chi connectivity index (χ0v) is 15.8. The minimum atomic E-state index is 0.301. The SMILES string of the molecule is N#Cc1c(-c2ccc(Cl)cc2Cl)cn2c(N3CCOCC3)cnc2c1Cl. The Morgan fingerprint density at radius 1 is 1.12 bits per heavy atom. The molecular formula is C18H13Cl3N4O. The number of hydrogen-bond donors (Lipinski definition) is 0. The first-order chi connectivity index (χ1) is 12.6. The smallest absolute Gasteiger partial charge is 0.158 e. The van der Waals surface area contributed by atoms with Gasteiger partial charge in [-0.3, -0.25) is 4.40 Å². The lowest BCUT2D eigenvalue weighted by atomic mass is 10.0. The summed E-state index contributed by atoms with van der Waals surface area (Å²) in [5.41, 5.74) is 2.21. The number of ether oxygens (including phenoxy) is 1. The molecule has 0 spiro atoms. The van der Waals surface area contributed by atoms with Crippen molar-refractivity contribution in [3.63, 3.8) is 0 Å². The molecular weight excluding hydrogens is 395 g/mol. The second-order valence-corrected chi connectivity index (χ2v) is 7.10. The van der Waals surface area contributed by atoms with Crippen molar-refractivity contribution in [1.82, 2.24) is 9.38 Å². The predicted molar refractivity (Wildman–Crippen MR) is 103 cm³/mol. The molecule has 132 valence electrons. The molecule has 1 aliphatic rings. The molecule has 0 amide bonds. The predicted octanol–water partition coefficient (Wildman–Crippen LogP) is 4.67. The molecule has 0 unspecified atom stereocenters. The molecule has 0 atom stereocenters. The largest absolute Gasteiger partial charge is 0.378 e. The summed E-state index contributed by atoms with van der Waals surface area (Å²) in [4.78, 5) is 6.60. The highest BCUT2D eigenvalue weighted by atomic mass is 35.5. The molecule has 0 saturated carbocycles. The third-order valence-electron chi connectivity index (χ3n) is 4.39. The Bertz CT molecular complexity index is 1040. The molecule has 1 saturated heterocycles. The number of hydrogen-bond acceptors (Lipinski definition) is 4. The number of nitrogens with zero attached hydrogens (tertiary/aromatic N) is 4. The van der Waals surface area contributed by atoms with Crippen LogP contribution < -0.4 is 4.90 Å². The molecule has 0 aliphatic carbocycles. The number of nitriles is 1. The average Bonchev–Trinajstić information content (AvgIpc) is 3.07. The topological polar surface area (TPSA) is 53.6 Å². The van der Waals surface area contributed by atoms with E-state index >= 15 is 0 Å². The van der Waals surface area contributed by atoms with Crippen molar-refractivity contribution in [2.75, 3.05) is 31.2 Å². The minimum absolute atomic E-state index is 0.301. The lowest BCUT2D eigenvalue weighted by molar-refractivity contribution is 0.122. The van der Waals surface area contributed by atoms with Gasteiger partial charge in [0.2, 0.25) is 0 Å². The molecule has 0 N–H and O–H groups in total. The summed E-state index contributed by atoms with van der Waals surface area (Å²) >= 11 is 18.9. The van der Waals surface area contributed by atoms with Crippen LogP contribution in [0.25, 0.3) is 16.8 Å². The Morgan fingerprint density at radius 3 is 2.58 bits per heavy atom. The van der Waals surface area contributed by atoms with E-state index in [-0.39, 0.29) is 0 Å². The number of imidazole rings is 1. The fourth-order valence-electron chi connectivity index (χ4n) is 3.11. The van der Waals surface area contributed by atoms with Crippen LogP contribution in [0.15, 0.2) is 30.6 Å². The third kappa shape index (κ3) is 2.89. The van der Waals surface area contributed by atoms with Gasteiger partial charge in [0, 0.05) is 40.5 Å². The molecule has 4 rings (SSSR count). The number of anilines is 1. The van der Waals surface area contributed by atoms with Crippen molar-refractivity contribution in [3.05, 3.63) is 51.2 Å². The molecule has 1 aromatic carbocycles. The maximum absolute atomic E-state index is 9.65. The zero-order chi connectivity index (χ0) is 18.3. The van der Waals surface area contributed by atoms with E-state index in [1.807, 2.05) is 10.6 Å². The fraction of sp³-hybridized carbons (Fsp3) is 0.222. The van der Waals surface area contributed by atoms with E-state index in [2.05, 4.69) is 16.0 Å². The highest BCUT2D eigenvalue weighted by Crippen LogP contribution is 2.37. The van der Waals surface area contributed by atoms with Crippen LogP contribution >= 0.6 is 34.8 Å². The van der Waals surface area contributed by atoms with Crippen molar-refractivity contribution in [2.45, 2.75) is 0 Å². The first-order valence-electron chi connectivity index (χ1n) is 7.98. The summed E-state index contributed by atoms with van der Waals surface area (Å²) in [6.45, 7) is 2.85. The van der Waals surface area contributed by atoms with Crippen molar-refractivity contribution in [3.8, 4) is 17.2 Å². The zero-order valence-electron chi connectivity index (χ0n) is 13.5. The molecule has 8 heteroatoms. The number of halogens is 3. The summed E-state index contributed by atoms with van der Waals surface area (Å²) < 4.78 is 7.32. The molecule has 0 radical (unpaired) electrons. The Balaban J connectivity index is 1.96. The van der Waals surface area contributed by atoms with Crippen LogP contribution in [0, 0.1) is 11.3 Å². The summed E-state index contributed by atoms with van der Waals surface area (Å²) in [5, 5.41) is 10.9. The van der Waals surface area contributed by atoms with E-state index in [0.29, 0.717) is 50.6 Å². The second kappa shape index (κ2) is 6.98. The quantitative estimate of drug-likeness (QED) is 0.619.